The van der Waals surface area contributed by atoms with Gasteiger partial charge in [-0.05, 0) is 42.9 Å². The van der Waals surface area contributed by atoms with Crippen LogP contribution in [0.3, 0.4) is 0 Å². The van der Waals surface area contributed by atoms with E-state index in [-0.39, 0.29) is 11.7 Å². The highest BCUT2D eigenvalue weighted by atomic mass is 32.2. The van der Waals surface area contributed by atoms with Crippen molar-refractivity contribution >= 4 is 17.7 Å². The number of halogens is 1. The summed E-state index contributed by atoms with van der Waals surface area (Å²) in [7, 11) is 0. The average Bonchev–Trinajstić information content (AvgIpc) is 3.14. The van der Waals surface area contributed by atoms with Gasteiger partial charge < -0.3 is 15.2 Å². The van der Waals surface area contributed by atoms with E-state index in [4.69, 9.17) is 4.52 Å². The van der Waals surface area contributed by atoms with Gasteiger partial charge in [0.1, 0.15) is 5.82 Å². The van der Waals surface area contributed by atoms with Crippen molar-refractivity contribution in [3.8, 4) is 0 Å². The maximum atomic E-state index is 13.5. The van der Waals surface area contributed by atoms with Crippen molar-refractivity contribution in [3.63, 3.8) is 0 Å². The molecule has 0 atom stereocenters. The molecule has 8 heteroatoms. The monoisotopic (exact) mass is 407 g/mol. The molecule has 0 saturated heterocycles. The molecule has 154 valence electrons. The first-order valence-corrected chi connectivity index (χ1v) is 11.0. The van der Waals surface area contributed by atoms with Crippen LogP contribution < -0.4 is 10.6 Å². The maximum Gasteiger partial charge on any atom is 0.226 e. The highest BCUT2D eigenvalue weighted by Crippen LogP contribution is 2.17. The molecule has 28 heavy (non-hydrogen) atoms. The van der Waals surface area contributed by atoms with E-state index in [0.717, 1.165) is 54.6 Å². The van der Waals surface area contributed by atoms with Gasteiger partial charge in [-0.25, -0.2) is 9.38 Å². The average molecular weight is 408 g/mol. The second kappa shape index (κ2) is 11.7. The quantitative estimate of drug-likeness (QED) is 0.354. The molecule has 0 aliphatic heterocycles. The van der Waals surface area contributed by atoms with Crippen molar-refractivity contribution < 1.29 is 8.91 Å². The number of aromatic nitrogens is 2. The SMILES string of the molecule is CCNC(=NCc1ccc(F)cc1CSC)NCCCc1nc(C(C)C)no1. The Morgan fingerprint density at radius 2 is 2.11 bits per heavy atom. The standard InChI is InChI=1S/C20H30FN5OS/c1-5-22-20(23-10-6-7-18-25-19(14(2)3)26-27-18)24-12-15-8-9-17(21)11-16(15)13-28-4/h8-9,11,14H,5-7,10,12-13H2,1-4H3,(H2,22,23,24). The number of hydrogen-bond acceptors (Lipinski definition) is 5. The van der Waals surface area contributed by atoms with E-state index in [0.29, 0.717) is 12.4 Å². The van der Waals surface area contributed by atoms with Crippen molar-refractivity contribution in [1.82, 2.24) is 20.8 Å². The Balaban J connectivity index is 1.88. The zero-order chi connectivity index (χ0) is 20.4. The predicted octanol–water partition coefficient (Wildman–Crippen LogP) is 3.88. The van der Waals surface area contributed by atoms with Crippen LogP contribution in [0.4, 0.5) is 4.39 Å². The third-order valence-electron chi connectivity index (χ3n) is 4.08. The molecule has 0 radical (unpaired) electrons. The number of aliphatic imine (C=N–C) groups is 1. The van der Waals surface area contributed by atoms with Crippen LogP contribution in [0.2, 0.25) is 0 Å². The first-order chi connectivity index (χ1) is 13.5. The van der Waals surface area contributed by atoms with E-state index < -0.39 is 0 Å². The molecule has 0 aliphatic carbocycles. The molecule has 1 heterocycles. The van der Waals surface area contributed by atoms with Gasteiger partial charge in [-0.3, -0.25) is 0 Å². The summed E-state index contributed by atoms with van der Waals surface area (Å²) >= 11 is 1.67. The van der Waals surface area contributed by atoms with Crippen molar-refractivity contribution in [2.45, 2.75) is 51.8 Å². The van der Waals surface area contributed by atoms with Gasteiger partial charge in [-0.1, -0.05) is 25.1 Å². The maximum absolute atomic E-state index is 13.5. The van der Waals surface area contributed by atoms with E-state index in [1.165, 1.54) is 6.07 Å². The molecule has 6 nitrogen and oxygen atoms in total. The summed E-state index contributed by atoms with van der Waals surface area (Å²) in [6, 6.07) is 4.90. The largest absolute Gasteiger partial charge is 0.357 e. The normalized spacial score (nSPS) is 11.9. The lowest BCUT2D eigenvalue weighted by Gasteiger charge is -2.12. The fourth-order valence-corrected chi connectivity index (χ4v) is 3.17. The molecule has 0 amide bonds. The number of thioether (sulfide) groups is 1. The lowest BCUT2D eigenvalue weighted by Crippen LogP contribution is -2.37. The van der Waals surface area contributed by atoms with Crippen LogP contribution in [0, 0.1) is 5.82 Å². The molecule has 0 aliphatic rings. The van der Waals surface area contributed by atoms with Gasteiger partial charge in [-0.2, -0.15) is 16.7 Å². The first kappa shape index (κ1) is 22.2. The van der Waals surface area contributed by atoms with Crippen LogP contribution in [-0.2, 0) is 18.7 Å². The summed E-state index contributed by atoms with van der Waals surface area (Å²) in [6.07, 6.45) is 3.59. The molecule has 2 rings (SSSR count). The van der Waals surface area contributed by atoms with Crippen LogP contribution in [0.25, 0.3) is 0 Å². The molecule has 0 unspecified atom stereocenters. The van der Waals surface area contributed by atoms with Crippen LogP contribution in [0.1, 0.15) is 56.0 Å². The van der Waals surface area contributed by atoms with Crippen molar-refractivity contribution in [3.05, 3.63) is 46.9 Å². The molecular weight excluding hydrogens is 377 g/mol. The van der Waals surface area contributed by atoms with Gasteiger partial charge in [0.05, 0.1) is 6.54 Å². The topological polar surface area (TPSA) is 75.3 Å². The van der Waals surface area contributed by atoms with E-state index in [1.807, 2.05) is 33.1 Å². The smallest absolute Gasteiger partial charge is 0.226 e. The molecule has 0 bridgehead atoms. The van der Waals surface area contributed by atoms with Crippen LogP contribution in [0.5, 0.6) is 0 Å². The highest BCUT2D eigenvalue weighted by molar-refractivity contribution is 7.97. The lowest BCUT2D eigenvalue weighted by atomic mass is 10.1. The van der Waals surface area contributed by atoms with Crippen molar-refractivity contribution in [2.24, 2.45) is 4.99 Å². The summed E-state index contributed by atoms with van der Waals surface area (Å²) in [5.41, 5.74) is 2.03. The fourth-order valence-electron chi connectivity index (χ4n) is 2.60. The Bertz CT molecular complexity index is 763. The van der Waals surface area contributed by atoms with Crippen LogP contribution in [0.15, 0.2) is 27.7 Å². The van der Waals surface area contributed by atoms with Crippen molar-refractivity contribution in [2.75, 3.05) is 19.3 Å². The molecular formula is C20H30FN5OS. The zero-order valence-corrected chi connectivity index (χ0v) is 17.9. The van der Waals surface area contributed by atoms with Gasteiger partial charge in [0.15, 0.2) is 11.8 Å². The Labute approximate surface area is 170 Å². The summed E-state index contributed by atoms with van der Waals surface area (Å²) in [4.78, 5) is 9.03. The number of nitrogens with zero attached hydrogens (tertiary/aromatic N) is 3. The minimum atomic E-state index is -0.205. The van der Waals surface area contributed by atoms with Crippen molar-refractivity contribution in [1.29, 1.82) is 0 Å². The second-order valence-corrected chi connectivity index (χ2v) is 7.64. The Morgan fingerprint density at radius 1 is 1.29 bits per heavy atom. The number of hydrogen-bond donors (Lipinski definition) is 2. The molecule has 0 spiro atoms. The Hall–Kier alpha value is -2.09. The summed E-state index contributed by atoms with van der Waals surface area (Å²) in [5.74, 6) is 3.00. The molecule has 1 aromatic carbocycles. The van der Waals surface area contributed by atoms with Gasteiger partial charge in [-0.15, -0.1) is 0 Å². The van der Waals surface area contributed by atoms with Gasteiger partial charge in [0.2, 0.25) is 5.89 Å². The third kappa shape index (κ3) is 7.14. The minimum absolute atomic E-state index is 0.205. The summed E-state index contributed by atoms with van der Waals surface area (Å²) < 4.78 is 18.8. The van der Waals surface area contributed by atoms with Gasteiger partial charge in [0, 0.05) is 31.2 Å². The van der Waals surface area contributed by atoms with Crippen LogP contribution >= 0.6 is 11.8 Å². The summed E-state index contributed by atoms with van der Waals surface area (Å²) in [6.45, 7) is 8.13. The van der Waals surface area contributed by atoms with Gasteiger partial charge in [0.25, 0.3) is 0 Å². The number of aryl methyl sites for hydroxylation is 1. The van der Waals surface area contributed by atoms with Gasteiger partial charge >= 0.3 is 0 Å². The minimum Gasteiger partial charge on any atom is -0.357 e. The summed E-state index contributed by atoms with van der Waals surface area (Å²) in [5, 5.41) is 10.5. The Kier molecular flexibility index (Phi) is 9.27. The number of benzene rings is 1. The zero-order valence-electron chi connectivity index (χ0n) is 17.1. The molecule has 1 aromatic heterocycles. The first-order valence-electron chi connectivity index (χ1n) is 9.64. The van der Waals surface area contributed by atoms with E-state index in [1.54, 1.807) is 17.8 Å². The third-order valence-corrected chi connectivity index (χ3v) is 4.68. The molecule has 2 N–H and O–H groups in total. The fraction of sp³-hybridized carbons (Fsp3) is 0.550. The number of rotatable bonds is 10. The van der Waals surface area contributed by atoms with E-state index in [9.17, 15) is 4.39 Å². The number of guanidine groups is 1. The van der Waals surface area contributed by atoms with E-state index in [2.05, 4.69) is 25.8 Å². The number of nitrogens with one attached hydrogen (secondary N) is 2. The second-order valence-electron chi connectivity index (χ2n) is 6.77. The lowest BCUT2D eigenvalue weighted by molar-refractivity contribution is 0.368. The molecule has 0 fully saturated rings. The van der Waals surface area contributed by atoms with E-state index >= 15 is 0 Å². The highest BCUT2D eigenvalue weighted by Gasteiger charge is 2.09. The van der Waals surface area contributed by atoms with Crippen LogP contribution in [-0.4, -0.2) is 35.4 Å². The molecule has 2 aromatic rings. The molecule has 0 saturated carbocycles. The Morgan fingerprint density at radius 3 is 2.79 bits per heavy atom. The predicted molar refractivity (Wildman–Crippen MR) is 113 cm³/mol.